The third-order valence-electron chi connectivity index (χ3n) is 6.20. The van der Waals surface area contributed by atoms with Gasteiger partial charge in [-0.25, -0.2) is 0 Å². The molecule has 0 radical (unpaired) electrons. The lowest BCUT2D eigenvalue weighted by molar-refractivity contribution is 0.824. The van der Waals surface area contributed by atoms with Gasteiger partial charge in [0.25, 0.3) is 0 Å². The largest absolute Gasteiger partial charge is 0.412 e. The molecule has 1 nitrogen and oxygen atoms in total. The molecule has 6 rings (SSSR count). The Balaban J connectivity index is 0.000000168. The number of rotatable bonds is 4. The van der Waals surface area contributed by atoms with Crippen LogP contribution in [0.5, 0.6) is 0 Å². The molecule has 0 atom stereocenters. The minimum absolute atomic E-state index is 0. The van der Waals surface area contributed by atoms with Crippen molar-refractivity contribution in [2.75, 3.05) is 0 Å². The molecule has 2 N–H and O–H groups in total. The molecule has 0 bridgehead atoms. The van der Waals surface area contributed by atoms with E-state index >= 15 is 0 Å². The van der Waals surface area contributed by atoms with Crippen molar-refractivity contribution in [3.8, 4) is 44.5 Å². The summed E-state index contributed by atoms with van der Waals surface area (Å²) in [6, 6.07) is 59.3. The van der Waals surface area contributed by atoms with Gasteiger partial charge in [-0.1, -0.05) is 170 Å². The van der Waals surface area contributed by atoms with Crippen molar-refractivity contribution in [2.45, 2.75) is 0 Å². The van der Waals surface area contributed by atoms with E-state index in [0.29, 0.717) is 0 Å². The van der Waals surface area contributed by atoms with E-state index in [4.69, 9.17) is 0 Å². The fourth-order valence-electron chi connectivity index (χ4n) is 4.23. The summed E-state index contributed by atoms with van der Waals surface area (Å²) < 4.78 is 0. The predicted octanol–water partition coefficient (Wildman–Crippen LogP) is 9.22. The number of hydrogen-bond donors (Lipinski definition) is 0. The summed E-state index contributed by atoms with van der Waals surface area (Å²) in [5, 5.41) is 0. The Labute approximate surface area is 219 Å². The van der Waals surface area contributed by atoms with Crippen molar-refractivity contribution in [2.24, 2.45) is 0 Å². The highest BCUT2D eigenvalue weighted by Crippen LogP contribution is 2.25. The second-order valence-corrected chi connectivity index (χ2v) is 8.62. The molecule has 180 valence electrons. The number of hydrogen-bond acceptors (Lipinski definition) is 0. The molecular weight excluding hydrogens is 448 g/mol. The first-order valence-electron chi connectivity index (χ1n) is 12.3. The Hall–Kier alpha value is -4.72. The lowest BCUT2D eigenvalue weighted by Gasteiger charge is -2.04. The smallest absolute Gasteiger partial charge is 0.0184 e. The molecule has 0 spiro atoms. The maximum atomic E-state index is 2.18. The van der Waals surface area contributed by atoms with Crippen molar-refractivity contribution in [3.05, 3.63) is 170 Å². The Morgan fingerprint density at radius 2 is 0.297 bits per heavy atom. The quantitative estimate of drug-likeness (QED) is 0.242. The lowest BCUT2D eigenvalue weighted by Crippen LogP contribution is -1.79. The molecule has 1 heteroatoms. The van der Waals surface area contributed by atoms with Crippen molar-refractivity contribution < 1.29 is 5.48 Å². The highest BCUT2D eigenvalue weighted by molar-refractivity contribution is 5.71. The molecule has 37 heavy (non-hydrogen) atoms. The van der Waals surface area contributed by atoms with Gasteiger partial charge in [-0.05, 0) is 44.5 Å². The molecule has 0 saturated heterocycles. The van der Waals surface area contributed by atoms with Gasteiger partial charge in [0.15, 0.2) is 0 Å². The maximum absolute atomic E-state index is 2.18. The zero-order chi connectivity index (χ0) is 24.4. The van der Waals surface area contributed by atoms with Gasteiger partial charge in [0.2, 0.25) is 0 Å². The summed E-state index contributed by atoms with van der Waals surface area (Å²) in [6.07, 6.45) is 0. The maximum Gasteiger partial charge on any atom is -0.0184 e. The van der Waals surface area contributed by atoms with Crippen LogP contribution in [-0.4, -0.2) is 5.48 Å². The molecule has 0 amide bonds. The molecule has 0 heterocycles. The van der Waals surface area contributed by atoms with Crippen molar-refractivity contribution >= 4 is 0 Å². The first-order valence-corrected chi connectivity index (χ1v) is 12.3. The SMILES string of the molecule is O.c1ccc(-c2ccc(-c3ccccc3)cc2)cc1.c1ccc(-c2ccc(-c3ccccc3)cc2)cc1. The standard InChI is InChI=1S/2C18H14.H2O/c2*1-3-7-15(8-4-1)17-11-13-18(14-12-17)16-9-5-2-6-10-16;/h2*1-14H;1H2. The van der Waals surface area contributed by atoms with E-state index in [2.05, 4.69) is 146 Å². The fourth-order valence-corrected chi connectivity index (χ4v) is 4.23. The molecule has 6 aromatic rings. The zero-order valence-corrected chi connectivity index (χ0v) is 20.7. The Bertz CT molecular complexity index is 1220. The van der Waals surface area contributed by atoms with Gasteiger partial charge < -0.3 is 5.48 Å². The first kappa shape index (κ1) is 25.4. The van der Waals surface area contributed by atoms with E-state index in [-0.39, 0.29) is 5.48 Å². The van der Waals surface area contributed by atoms with E-state index in [0.717, 1.165) is 0 Å². The molecule has 0 saturated carbocycles. The van der Waals surface area contributed by atoms with Crippen LogP contribution in [0.2, 0.25) is 0 Å². The zero-order valence-electron chi connectivity index (χ0n) is 20.7. The molecule has 0 aromatic heterocycles. The van der Waals surface area contributed by atoms with Crippen LogP contribution in [0.4, 0.5) is 0 Å². The highest BCUT2D eigenvalue weighted by Gasteiger charge is 2.00. The van der Waals surface area contributed by atoms with Gasteiger partial charge in [-0.2, -0.15) is 0 Å². The summed E-state index contributed by atoms with van der Waals surface area (Å²) in [6.45, 7) is 0. The summed E-state index contributed by atoms with van der Waals surface area (Å²) in [5.41, 5.74) is 10.1. The summed E-state index contributed by atoms with van der Waals surface area (Å²) in [5.74, 6) is 0. The van der Waals surface area contributed by atoms with Crippen LogP contribution in [0.25, 0.3) is 44.5 Å². The monoisotopic (exact) mass is 478 g/mol. The van der Waals surface area contributed by atoms with E-state index in [1.54, 1.807) is 0 Å². The molecule has 0 aliphatic rings. The van der Waals surface area contributed by atoms with Gasteiger partial charge in [-0.3, -0.25) is 0 Å². The normalized spacial score (nSPS) is 9.95. The fraction of sp³-hybridized carbons (Fsp3) is 0. The van der Waals surface area contributed by atoms with Gasteiger partial charge in [0, 0.05) is 0 Å². The summed E-state index contributed by atoms with van der Waals surface area (Å²) in [7, 11) is 0. The molecule has 0 aliphatic carbocycles. The Morgan fingerprint density at radius 3 is 0.459 bits per heavy atom. The topological polar surface area (TPSA) is 31.5 Å². The van der Waals surface area contributed by atoms with Crippen molar-refractivity contribution in [3.63, 3.8) is 0 Å². The second kappa shape index (κ2) is 12.8. The molecule has 6 aromatic carbocycles. The van der Waals surface area contributed by atoms with Gasteiger partial charge in [0.05, 0.1) is 0 Å². The molecule has 0 aliphatic heterocycles. The van der Waals surface area contributed by atoms with Crippen molar-refractivity contribution in [1.29, 1.82) is 0 Å². The van der Waals surface area contributed by atoms with Crippen LogP contribution in [0.15, 0.2) is 170 Å². The van der Waals surface area contributed by atoms with E-state index in [9.17, 15) is 0 Å². The van der Waals surface area contributed by atoms with Crippen LogP contribution in [0.3, 0.4) is 0 Å². The predicted molar refractivity (Wildman–Crippen MR) is 158 cm³/mol. The van der Waals surface area contributed by atoms with Gasteiger partial charge >= 0.3 is 0 Å². The average molecular weight is 479 g/mol. The minimum atomic E-state index is 0. The number of benzene rings is 6. The third kappa shape index (κ3) is 6.70. The first-order chi connectivity index (χ1) is 17.9. The molecule has 0 fully saturated rings. The van der Waals surface area contributed by atoms with Crippen molar-refractivity contribution in [1.82, 2.24) is 0 Å². The highest BCUT2D eigenvalue weighted by atomic mass is 16.0. The molecule has 0 unspecified atom stereocenters. The summed E-state index contributed by atoms with van der Waals surface area (Å²) in [4.78, 5) is 0. The lowest BCUT2D eigenvalue weighted by atomic mass is 10.0. The summed E-state index contributed by atoms with van der Waals surface area (Å²) >= 11 is 0. The van der Waals surface area contributed by atoms with Crippen LogP contribution in [-0.2, 0) is 0 Å². The van der Waals surface area contributed by atoms with Crippen LogP contribution in [0, 0.1) is 0 Å². The average Bonchev–Trinajstić information content (AvgIpc) is 2.99. The van der Waals surface area contributed by atoms with Crippen LogP contribution < -0.4 is 0 Å². The van der Waals surface area contributed by atoms with E-state index in [1.165, 1.54) is 44.5 Å². The minimum Gasteiger partial charge on any atom is -0.412 e. The molecular formula is C36H30O. The second-order valence-electron chi connectivity index (χ2n) is 8.62. The van der Waals surface area contributed by atoms with Gasteiger partial charge in [-0.15, -0.1) is 0 Å². The Morgan fingerprint density at radius 1 is 0.162 bits per heavy atom. The third-order valence-corrected chi connectivity index (χ3v) is 6.20. The van der Waals surface area contributed by atoms with Crippen LogP contribution >= 0.6 is 0 Å². The Kier molecular flexibility index (Phi) is 8.80. The van der Waals surface area contributed by atoms with Crippen LogP contribution in [0.1, 0.15) is 0 Å². The van der Waals surface area contributed by atoms with E-state index < -0.39 is 0 Å². The van der Waals surface area contributed by atoms with Gasteiger partial charge in [0.1, 0.15) is 0 Å². The van der Waals surface area contributed by atoms with E-state index in [1.807, 2.05) is 24.3 Å².